The van der Waals surface area contributed by atoms with Crippen molar-refractivity contribution < 1.29 is 14.3 Å². The Kier molecular flexibility index (Phi) is 5.52. The molecule has 0 aromatic heterocycles. The Morgan fingerprint density at radius 3 is 2.55 bits per heavy atom. The highest BCUT2D eigenvalue weighted by molar-refractivity contribution is 6.35. The van der Waals surface area contributed by atoms with Gasteiger partial charge in [0.1, 0.15) is 11.5 Å². The van der Waals surface area contributed by atoms with Crippen molar-refractivity contribution in [2.24, 2.45) is 0 Å². The molecule has 0 spiro atoms. The first-order chi connectivity index (χ1) is 10.5. The molecule has 0 unspecified atom stereocenters. The van der Waals surface area contributed by atoms with Gasteiger partial charge in [0.05, 0.1) is 31.4 Å². The molecule has 1 N–H and O–H groups in total. The average Bonchev–Trinajstić information content (AvgIpc) is 2.51. The number of methoxy groups -OCH3 is 2. The quantitative estimate of drug-likeness (QED) is 0.888. The minimum Gasteiger partial charge on any atom is -0.497 e. The molecule has 4 nitrogen and oxygen atoms in total. The number of hydrogen-bond acceptors (Lipinski definition) is 3. The van der Waals surface area contributed by atoms with E-state index in [2.05, 4.69) is 5.32 Å². The molecule has 2 rings (SSSR count). The van der Waals surface area contributed by atoms with Gasteiger partial charge >= 0.3 is 0 Å². The van der Waals surface area contributed by atoms with Crippen LogP contribution >= 0.6 is 23.2 Å². The van der Waals surface area contributed by atoms with Crippen LogP contribution in [-0.4, -0.2) is 20.1 Å². The first-order valence-electron chi connectivity index (χ1n) is 6.49. The van der Waals surface area contributed by atoms with Gasteiger partial charge < -0.3 is 14.8 Å². The smallest absolute Gasteiger partial charge is 0.228 e. The van der Waals surface area contributed by atoms with E-state index in [-0.39, 0.29) is 12.3 Å². The Hall–Kier alpha value is -1.91. The van der Waals surface area contributed by atoms with Crippen molar-refractivity contribution in [2.45, 2.75) is 6.42 Å². The molecule has 0 aliphatic heterocycles. The Morgan fingerprint density at radius 1 is 1.09 bits per heavy atom. The van der Waals surface area contributed by atoms with E-state index in [0.717, 1.165) is 5.56 Å². The van der Waals surface area contributed by atoms with E-state index in [4.69, 9.17) is 32.7 Å². The predicted molar refractivity (Wildman–Crippen MR) is 88.3 cm³/mol. The highest BCUT2D eigenvalue weighted by Crippen LogP contribution is 2.27. The molecule has 0 aliphatic rings. The fourth-order valence-corrected chi connectivity index (χ4v) is 2.30. The maximum Gasteiger partial charge on any atom is 0.228 e. The summed E-state index contributed by atoms with van der Waals surface area (Å²) >= 11 is 11.9. The number of carbonyl (C=O) groups is 1. The Bertz CT molecular complexity index is 689. The molecular formula is C16H15Cl2NO3. The zero-order valence-electron chi connectivity index (χ0n) is 12.2. The van der Waals surface area contributed by atoms with Gasteiger partial charge in [-0.1, -0.05) is 29.3 Å². The SMILES string of the molecule is COc1ccc(CC(=O)Nc2cc(Cl)ccc2Cl)c(OC)c1. The molecular weight excluding hydrogens is 325 g/mol. The van der Waals surface area contributed by atoms with Gasteiger partial charge in [-0.25, -0.2) is 0 Å². The molecule has 2 aromatic rings. The van der Waals surface area contributed by atoms with Crippen molar-refractivity contribution >= 4 is 34.8 Å². The summed E-state index contributed by atoms with van der Waals surface area (Å²) < 4.78 is 10.4. The fraction of sp³-hybridized carbons (Fsp3) is 0.188. The van der Waals surface area contributed by atoms with Crippen LogP contribution in [0, 0.1) is 0 Å². The number of benzene rings is 2. The normalized spacial score (nSPS) is 10.2. The third-order valence-electron chi connectivity index (χ3n) is 3.05. The maximum atomic E-state index is 12.2. The van der Waals surface area contributed by atoms with Crippen molar-refractivity contribution in [3.63, 3.8) is 0 Å². The second kappa shape index (κ2) is 7.38. The zero-order valence-corrected chi connectivity index (χ0v) is 13.7. The van der Waals surface area contributed by atoms with Gasteiger partial charge in [0.15, 0.2) is 0 Å². The molecule has 0 saturated carbocycles. The van der Waals surface area contributed by atoms with Gasteiger partial charge in [-0.2, -0.15) is 0 Å². The third-order valence-corrected chi connectivity index (χ3v) is 3.61. The number of amides is 1. The van der Waals surface area contributed by atoms with E-state index in [1.165, 1.54) is 0 Å². The standard InChI is InChI=1S/C16H15Cl2NO3/c1-21-12-5-3-10(15(9-12)22-2)7-16(20)19-14-8-11(17)4-6-13(14)18/h3-6,8-9H,7H2,1-2H3,(H,19,20). The van der Waals surface area contributed by atoms with E-state index in [1.54, 1.807) is 50.6 Å². The molecule has 6 heteroatoms. The zero-order chi connectivity index (χ0) is 16.1. The molecule has 2 aromatic carbocycles. The summed E-state index contributed by atoms with van der Waals surface area (Å²) in [5.41, 5.74) is 1.23. The van der Waals surface area contributed by atoms with Crippen LogP contribution in [-0.2, 0) is 11.2 Å². The van der Waals surface area contributed by atoms with Crippen molar-refractivity contribution in [3.05, 3.63) is 52.0 Å². The molecule has 0 bridgehead atoms. The lowest BCUT2D eigenvalue weighted by molar-refractivity contribution is -0.115. The summed E-state index contributed by atoms with van der Waals surface area (Å²) in [6.07, 6.45) is 0.149. The van der Waals surface area contributed by atoms with Gasteiger partial charge in [0, 0.05) is 16.7 Å². The summed E-state index contributed by atoms with van der Waals surface area (Å²) in [5, 5.41) is 3.67. The van der Waals surface area contributed by atoms with E-state index in [9.17, 15) is 4.79 Å². The maximum absolute atomic E-state index is 12.2. The Labute approximate surface area is 138 Å². The topological polar surface area (TPSA) is 47.6 Å². The Morgan fingerprint density at radius 2 is 1.86 bits per heavy atom. The summed E-state index contributed by atoms with van der Waals surface area (Å²) in [6.45, 7) is 0. The second-order valence-electron chi connectivity index (χ2n) is 4.53. The number of nitrogens with one attached hydrogen (secondary N) is 1. The van der Waals surface area contributed by atoms with Crippen molar-refractivity contribution in [3.8, 4) is 11.5 Å². The minimum atomic E-state index is -0.215. The number of anilines is 1. The lowest BCUT2D eigenvalue weighted by atomic mass is 10.1. The summed E-state index contributed by atoms with van der Waals surface area (Å²) in [7, 11) is 3.12. The molecule has 0 fully saturated rings. The van der Waals surface area contributed by atoms with Crippen LogP contribution in [0.3, 0.4) is 0 Å². The van der Waals surface area contributed by atoms with E-state index in [0.29, 0.717) is 27.2 Å². The van der Waals surface area contributed by atoms with Crippen LogP contribution < -0.4 is 14.8 Å². The van der Waals surface area contributed by atoms with Gasteiger partial charge in [0.25, 0.3) is 0 Å². The summed E-state index contributed by atoms with van der Waals surface area (Å²) in [6, 6.07) is 10.2. The van der Waals surface area contributed by atoms with Crippen LogP contribution in [0.15, 0.2) is 36.4 Å². The molecule has 1 amide bonds. The molecule has 0 heterocycles. The molecule has 22 heavy (non-hydrogen) atoms. The predicted octanol–water partition coefficient (Wildman–Crippen LogP) is 4.19. The van der Waals surface area contributed by atoms with Crippen LogP contribution in [0.1, 0.15) is 5.56 Å². The molecule has 0 radical (unpaired) electrons. The summed E-state index contributed by atoms with van der Waals surface area (Å²) in [4.78, 5) is 12.2. The van der Waals surface area contributed by atoms with Crippen LogP contribution in [0.5, 0.6) is 11.5 Å². The Balaban J connectivity index is 2.13. The van der Waals surface area contributed by atoms with Gasteiger partial charge in [-0.05, 0) is 24.3 Å². The lowest BCUT2D eigenvalue weighted by Crippen LogP contribution is -2.15. The second-order valence-corrected chi connectivity index (χ2v) is 5.37. The van der Waals surface area contributed by atoms with Crippen molar-refractivity contribution in [1.82, 2.24) is 0 Å². The number of carbonyl (C=O) groups excluding carboxylic acids is 1. The number of halogens is 2. The van der Waals surface area contributed by atoms with Crippen LogP contribution in [0.4, 0.5) is 5.69 Å². The fourth-order valence-electron chi connectivity index (χ4n) is 1.96. The molecule has 0 atom stereocenters. The number of rotatable bonds is 5. The lowest BCUT2D eigenvalue weighted by Gasteiger charge is -2.11. The minimum absolute atomic E-state index is 0.149. The average molecular weight is 340 g/mol. The number of hydrogen-bond donors (Lipinski definition) is 1. The monoisotopic (exact) mass is 339 g/mol. The molecule has 116 valence electrons. The molecule has 0 aliphatic carbocycles. The van der Waals surface area contributed by atoms with E-state index >= 15 is 0 Å². The van der Waals surface area contributed by atoms with Gasteiger partial charge in [-0.3, -0.25) is 4.79 Å². The van der Waals surface area contributed by atoms with Crippen LogP contribution in [0.2, 0.25) is 10.0 Å². The first kappa shape index (κ1) is 16.5. The van der Waals surface area contributed by atoms with E-state index < -0.39 is 0 Å². The van der Waals surface area contributed by atoms with Gasteiger partial charge in [0.2, 0.25) is 5.91 Å². The third kappa shape index (κ3) is 4.06. The number of ether oxygens (including phenoxy) is 2. The highest BCUT2D eigenvalue weighted by Gasteiger charge is 2.12. The van der Waals surface area contributed by atoms with Crippen molar-refractivity contribution in [1.29, 1.82) is 0 Å². The highest BCUT2D eigenvalue weighted by atomic mass is 35.5. The largest absolute Gasteiger partial charge is 0.497 e. The van der Waals surface area contributed by atoms with E-state index in [1.807, 2.05) is 0 Å². The molecule has 0 saturated heterocycles. The van der Waals surface area contributed by atoms with Crippen molar-refractivity contribution in [2.75, 3.05) is 19.5 Å². The van der Waals surface area contributed by atoms with Gasteiger partial charge in [-0.15, -0.1) is 0 Å². The summed E-state index contributed by atoms with van der Waals surface area (Å²) in [5.74, 6) is 1.04. The van der Waals surface area contributed by atoms with Crippen LogP contribution in [0.25, 0.3) is 0 Å². The first-order valence-corrected chi connectivity index (χ1v) is 7.25.